The standard InChI is InChI=1S/C39H39N3Si3/c1-40-43(34-22-10-4-11-23-34,35-24-12-5-13-25-35)41(2)45(38-30-18-8-19-31-38,39-32-20-9-21-33-39)42(3)44(40,36-26-14-6-15-27-36)37-28-16-7-17-29-37/h4-33H,1-3H3. The normalized spacial score (nSPS) is 17.9. The molecule has 0 unspecified atom stereocenters. The Labute approximate surface area is 271 Å². The lowest BCUT2D eigenvalue weighted by Gasteiger charge is -2.69. The summed E-state index contributed by atoms with van der Waals surface area (Å²) in [5.74, 6) is 0. The van der Waals surface area contributed by atoms with E-state index < -0.39 is 25.2 Å². The van der Waals surface area contributed by atoms with Gasteiger partial charge in [0, 0.05) is 0 Å². The van der Waals surface area contributed by atoms with E-state index in [1.807, 2.05) is 0 Å². The van der Waals surface area contributed by atoms with Crippen LogP contribution in [-0.2, 0) is 0 Å². The van der Waals surface area contributed by atoms with Crippen LogP contribution < -0.4 is 31.1 Å². The van der Waals surface area contributed by atoms with Crippen LogP contribution in [0.4, 0.5) is 0 Å². The molecule has 6 aromatic rings. The number of benzene rings is 6. The minimum atomic E-state index is -2.94. The lowest BCUT2D eigenvalue weighted by atomic mass is 10.4. The number of rotatable bonds is 6. The summed E-state index contributed by atoms with van der Waals surface area (Å²) in [4.78, 5) is 0. The summed E-state index contributed by atoms with van der Waals surface area (Å²) in [7, 11) is -1.48. The first-order valence-electron chi connectivity index (χ1n) is 15.6. The summed E-state index contributed by atoms with van der Waals surface area (Å²) in [6.07, 6.45) is 0. The van der Waals surface area contributed by atoms with Crippen molar-refractivity contribution in [1.82, 2.24) is 12.7 Å². The molecule has 0 spiro atoms. The van der Waals surface area contributed by atoms with Gasteiger partial charge in [0.1, 0.15) is 0 Å². The van der Waals surface area contributed by atoms with Crippen molar-refractivity contribution in [3.63, 3.8) is 0 Å². The monoisotopic (exact) mass is 633 g/mol. The van der Waals surface area contributed by atoms with Crippen molar-refractivity contribution in [2.75, 3.05) is 21.1 Å². The van der Waals surface area contributed by atoms with Crippen LogP contribution >= 0.6 is 0 Å². The average Bonchev–Trinajstić information content (AvgIpc) is 3.12. The van der Waals surface area contributed by atoms with Gasteiger partial charge < -0.3 is 12.7 Å². The SMILES string of the molecule is CN1[Si](c2ccccc2)(c2ccccc2)N(C)[Si](c2ccccc2)(c2ccccc2)N(C)[Si]1(c1ccccc1)c1ccccc1. The summed E-state index contributed by atoms with van der Waals surface area (Å²) in [6, 6.07) is 68.4. The first-order valence-corrected chi connectivity index (χ1v) is 21.3. The summed E-state index contributed by atoms with van der Waals surface area (Å²) in [6.45, 7) is 0. The smallest absolute Gasteiger partial charge is 0.262 e. The number of hydrogen-bond donors (Lipinski definition) is 0. The molecule has 0 radical (unpaired) electrons. The fraction of sp³-hybridized carbons (Fsp3) is 0.0769. The van der Waals surface area contributed by atoms with E-state index in [0.29, 0.717) is 0 Å². The van der Waals surface area contributed by atoms with E-state index in [9.17, 15) is 0 Å². The van der Waals surface area contributed by atoms with Crippen molar-refractivity contribution in [2.24, 2.45) is 0 Å². The summed E-state index contributed by atoms with van der Waals surface area (Å²) >= 11 is 0. The van der Waals surface area contributed by atoms with Crippen LogP contribution in [0.2, 0.25) is 0 Å². The van der Waals surface area contributed by atoms with Gasteiger partial charge >= 0.3 is 0 Å². The van der Waals surface area contributed by atoms with Crippen LogP contribution in [0.15, 0.2) is 182 Å². The van der Waals surface area contributed by atoms with Gasteiger partial charge in [0.15, 0.2) is 0 Å². The average molecular weight is 634 g/mol. The maximum Gasteiger partial charge on any atom is 0.262 e. The molecule has 0 amide bonds. The molecule has 6 aromatic carbocycles. The molecule has 1 heterocycles. The van der Waals surface area contributed by atoms with Crippen LogP contribution in [0.3, 0.4) is 0 Å². The highest BCUT2D eigenvalue weighted by molar-refractivity contribution is 7.24. The molecular formula is C39H39N3Si3. The zero-order valence-electron chi connectivity index (χ0n) is 26.2. The third kappa shape index (κ3) is 4.25. The van der Waals surface area contributed by atoms with Gasteiger partial charge in [-0.25, -0.2) is 0 Å². The van der Waals surface area contributed by atoms with Gasteiger partial charge in [0.05, 0.1) is 0 Å². The number of hydrogen-bond acceptors (Lipinski definition) is 3. The van der Waals surface area contributed by atoms with E-state index >= 15 is 0 Å². The molecule has 6 heteroatoms. The van der Waals surface area contributed by atoms with Gasteiger partial charge in [-0.1, -0.05) is 182 Å². The summed E-state index contributed by atoms with van der Waals surface area (Å²) < 4.78 is 8.73. The quantitative estimate of drug-likeness (QED) is 0.260. The minimum absolute atomic E-state index is 1.40. The fourth-order valence-electron chi connectivity index (χ4n) is 8.22. The first-order chi connectivity index (χ1) is 22.1. The third-order valence-electron chi connectivity index (χ3n) is 9.97. The second-order valence-electron chi connectivity index (χ2n) is 11.9. The molecule has 45 heavy (non-hydrogen) atoms. The maximum atomic E-state index is 2.91. The van der Waals surface area contributed by atoms with E-state index in [4.69, 9.17) is 0 Å². The highest BCUT2D eigenvalue weighted by atomic mass is 28.5. The number of nitrogens with zero attached hydrogens (tertiary/aromatic N) is 3. The van der Waals surface area contributed by atoms with Gasteiger partial charge in [-0.15, -0.1) is 0 Å². The Kier molecular flexibility index (Phi) is 7.87. The second kappa shape index (κ2) is 12.0. The predicted octanol–water partition coefficient (Wildman–Crippen LogP) is 3.57. The van der Waals surface area contributed by atoms with Gasteiger partial charge in [-0.3, -0.25) is 0 Å². The summed E-state index contributed by atoms with van der Waals surface area (Å²) in [5, 5.41) is 8.43. The first kappa shape index (κ1) is 29.6. The fourth-order valence-corrected chi connectivity index (χ4v) is 33.0. The van der Waals surface area contributed by atoms with Crippen molar-refractivity contribution in [3.8, 4) is 0 Å². The molecule has 0 N–H and O–H groups in total. The van der Waals surface area contributed by atoms with Gasteiger partial charge in [-0.05, 0) is 52.3 Å². The molecule has 0 aromatic heterocycles. The van der Waals surface area contributed by atoms with Crippen molar-refractivity contribution in [2.45, 2.75) is 0 Å². The van der Waals surface area contributed by atoms with Crippen LogP contribution in [-0.4, -0.2) is 59.0 Å². The largest absolute Gasteiger partial charge is 0.310 e. The van der Waals surface area contributed by atoms with Crippen LogP contribution in [0.5, 0.6) is 0 Å². The topological polar surface area (TPSA) is 9.72 Å². The Morgan fingerprint density at radius 3 is 0.511 bits per heavy atom. The molecule has 1 aliphatic heterocycles. The molecule has 0 atom stereocenters. The Morgan fingerprint density at radius 2 is 0.378 bits per heavy atom. The molecule has 0 saturated carbocycles. The molecule has 222 valence electrons. The highest BCUT2D eigenvalue weighted by Gasteiger charge is 2.71. The minimum Gasteiger partial charge on any atom is -0.310 e. The van der Waals surface area contributed by atoms with Crippen molar-refractivity contribution >= 4 is 56.3 Å². The Balaban J connectivity index is 1.74. The van der Waals surface area contributed by atoms with Gasteiger partial charge in [-0.2, -0.15) is 0 Å². The van der Waals surface area contributed by atoms with E-state index in [1.54, 1.807) is 0 Å². The highest BCUT2D eigenvalue weighted by Crippen LogP contribution is 2.36. The molecule has 1 aliphatic rings. The van der Waals surface area contributed by atoms with E-state index in [2.05, 4.69) is 216 Å². The van der Waals surface area contributed by atoms with Crippen LogP contribution in [0, 0.1) is 0 Å². The van der Waals surface area contributed by atoms with Crippen molar-refractivity contribution in [3.05, 3.63) is 182 Å². The zero-order valence-corrected chi connectivity index (χ0v) is 29.2. The Bertz CT molecular complexity index is 1480. The van der Waals surface area contributed by atoms with E-state index in [-0.39, 0.29) is 0 Å². The molecule has 1 fully saturated rings. The van der Waals surface area contributed by atoms with Crippen LogP contribution in [0.1, 0.15) is 0 Å². The molecule has 0 bridgehead atoms. The Hall–Kier alpha value is -4.15. The Morgan fingerprint density at radius 1 is 0.244 bits per heavy atom. The second-order valence-corrected chi connectivity index (χ2v) is 24.8. The van der Waals surface area contributed by atoms with Crippen molar-refractivity contribution in [1.29, 1.82) is 0 Å². The van der Waals surface area contributed by atoms with E-state index in [1.165, 1.54) is 31.1 Å². The summed E-state index contributed by atoms with van der Waals surface area (Å²) in [5.41, 5.74) is 0. The van der Waals surface area contributed by atoms with E-state index in [0.717, 1.165) is 0 Å². The molecular weight excluding hydrogens is 595 g/mol. The lowest BCUT2D eigenvalue weighted by molar-refractivity contribution is 0.518. The van der Waals surface area contributed by atoms with Gasteiger partial charge in [0.2, 0.25) is 0 Å². The maximum absolute atomic E-state index is 2.94. The van der Waals surface area contributed by atoms with Gasteiger partial charge in [0.25, 0.3) is 25.2 Å². The predicted molar refractivity (Wildman–Crippen MR) is 197 cm³/mol. The molecule has 3 nitrogen and oxygen atoms in total. The molecule has 0 aliphatic carbocycles. The van der Waals surface area contributed by atoms with Crippen LogP contribution in [0.25, 0.3) is 0 Å². The lowest BCUT2D eigenvalue weighted by Crippen LogP contribution is -3.04. The zero-order chi connectivity index (χ0) is 30.9. The molecule has 7 rings (SSSR count). The van der Waals surface area contributed by atoms with Crippen molar-refractivity contribution < 1.29 is 0 Å². The third-order valence-corrected chi connectivity index (χ3v) is 28.5. The molecule has 1 saturated heterocycles.